The SMILES string of the molecule is O=C(NC(=O)C1CCCN1)Nc1ccc(Br)cc1F. The molecule has 3 amide bonds. The summed E-state index contributed by atoms with van der Waals surface area (Å²) in [4.78, 5) is 23.2. The Morgan fingerprint density at radius 2 is 2.21 bits per heavy atom. The molecule has 1 aromatic carbocycles. The van der Waals surface area contributed by atoms with Crippen LogP contribution in [0.1, 0.15) is 12.8 Å². The van der Waals surface area contributed by atoms with Crippen LogP contribution >= 0.6 is 15.9 Å². The molecule has 1 unspecified atom stereocenters. The van der Waals surface area contributed by atoms with Crippen molar-refractivity contribution in [2.75, 3.05) is 11.9 Å². The Morgan fingerprint density at radius 3 is 2.84 bits per heavy atom. The first-order valence-electron chi connectivity index (χ1n) is 5.86. The molecular formula is C12H13BrFN3O2. The van der Waals surface area contributed by atoms with Crippen LogP contribution in [-0.2, 0) is 4.79 Å². The highest BCUT2D eigenvalue weighted by atomic mass is 79.9. The molecule has 1 fully saturated rings. The van der Waals surface area contributed by atoms with Crippen LogP contribution in [-0.4, -0.2) is 24.5 Å². The fourth-order valence-electron chi connectivity index (χ4n) is 1.85. The number of imide groups is 1. The molecule has 5 nitrogen and oxygen atoms in total. The molecule has 0 saturated carbocycles. The average molecular weight is 330 g/mol. The van der Waals surface area contributed by atoms with E-state index in [1.807, 2.05) is 0 Å². The zero-order valence-corrected chi connectivity index (χ0v) is 11.6. The summed E-state index contributed by atoms with van der Waals surface area (Å²) >= 11 is 3.12. The number of rotatable bonds is 2. The van der Waals surface area contributed by atoms with E-state index in [0.717, 1.165) is 13.0 Å². The first kappa shape index (κ1) is 14.0. The maximum atomic E-state index is 13.5. The third-order valence-electron chi connectivity index (χ3n) is 2.79. The van der Waals surface area contributed by atoms with Gasteiger partial charge in [-0.05, 0) is 37.6 Å². The number of amides is 3. The van der Waals surface area contributed by atoms with Crippen LogP contribution in [0, 0.1) is 5.82 Å². The largest absolute Gasteiger partial charge is 0.326 e. The molecule has 2 rings (SSSR count). The zero-order valence-electron chi connectivity index (χ0n) is 10.0. The number of hydrogen-bond donors (Lipinski definition) is 3. The molecule has 102 valence electrons. The normalized spacial score (nSPS) is 18.1. The van der Waals surface area contributed by atoms with Crippen molar-refractivity contribution in [3.05, 3.63) is 28.5 Å². The summed E-state index contributed by atoms with van der Waals surface area (Å²) in [6.45, 7) is 0.765. The molecule has 1 aliphatic heterocycles. The number of halogens is 2. The lowest BCUT2D eigenvalue weighted by molar-refractivity contribution is -0.121. The number of urea groups is 1. The van der Waals surface area contributed by atoms with Gasteiger partial charge in [0.15, 0.2) is 0 Å². The molecule has 0 spiro atoms. The molecule has 1 heterocycles. The van der Waals surface area contributed by atoms with Gasteiger partial charge in [-0.2, -0.15) is 0 Å². The van der Waals surface area contributed by atoms with E-state index < -0.39 is 17.8 Å². The summed E-state index contributed by atoms with van der Waals surface area (Å²) in [6.07, 6.45) is 1.60. The number of benzene rings is 1. The molecule has 1 saturated heterocycles. The van der Waals surface area contributed by atoms with Crippen molar-refractivity contribution >= 4 is 33.6 Å². The highest BCUT2D eigenvalue weighted by Gasteiger charge is 2.23. The maximum Gasteiger partial charge on any atom is 0.326 e. The fraction of sp³-hybridized carbons (Fsp3) is 0.333. The number of anilines is 1. The predicted octanol–water partition coefficient (Wildman–Crippen LogP) is 1.99. The van der Waals surface area contributed by atoms with E-state index >= 15 is 0 Å². The van der Waals surface area contributed by atoms with Gasteiger partial charge in [0.2, 0.25) is 5.91 Å². The number of nitrogens with one attached hydrogen (secondary N) is 3. The van der Waals surface area contributed by atoms with Gasteiger partial charge in [0.25, 0.3) is 0 Å². The third-order valence-corrected chi connectivity index (χ3v) is 3.29. The first-order chi connectivity index (χ1) is 9.06. The second-order valence-corrected chi connectivity index (χ2v) is 5.13. The van der Waals surface area contributed by atoms with Gasteiger partial charge in [-0.1, -0.05) is 15.9 Å². The lowest BCUT2D eigenvalue weighted by Crippen LogP contribution is -2.44. The van der Waals surface area contributed by atoms with Crippen molar-refractivity contribution in [3.63, 3.8) is 0 Å². The molecule has 0 aromatic heterocycles. The standard InChI is InChI=1S/C12H13BrFN3O2/c13-7-3-4-9(8(14)6-7)16-12(19)17-11(18)10-2-1-5-15-10/h3-4,6,10,15H,1-2,5H2,(H2,16,17,18,19). The zero-order chi connectivity index (χ0) is 13.8. The van der Waals surface area contributed by atoms with Gasteiger partial charge in [0.05, 0.1) is 11.7 Å². The maximum absolute atomic E-state index is 13.5. The number of carbonyl (C=O) groups is 2. The van der Waals surface area contributed by atoms with Crippen LogP contribution < -0.4 is 16.0 Å². The van der Waals surface area contributed by atoms with Crippen LogP contribution in [0.4, 0.5) is 14.9 Å². The monoisotopic (exact) mass is 329 g/mol. The third kappa shape index (κ3) is 3.74. The Hall–Kier alpha value is -1.47. The second kappa shape index (κ2) is 6.12. The van der Waals surface area contributed by atoms with Crippen LogP contribution in [0.25, 0.3) is 0 Å². The van der Waals surface area contributed by atoms with Gasteiger partial charge in [-0.25, -0.2) is 9.18 Å². The smallest absolute Gasteiger partial charge is 0.306 e. The summed E-state index contributed by atoms with van der Waals surface area (Å²) in [5.74, 6) is -0.969. The van der Waals surface area contributed by atoms with Crippen molar-refractivity contribution in [1.82, 2.24) is 10.6 Å². The van der Waals surface area contributed by atoms with Crippen molar-refractivity contribution < 1.29 is 14.0 Å². The number of hydrogen-bond acceptors (Lipinski definition) is 3. The Kier molecular flexibility index (Phi) is 4.49. The van der Waals surface area contributed by atoms with Gasteiger partial charge in [0, 0.05) is 4.47 Å². The Labute approximate surface area is 118 Å². The van der Waals surface area contributed by atoms with E-state index in [-0.39, 0.29) is 11.7 Å². The second-order valence-electron chi connectivity index (χ2n) is 4.22. The Morgan fingerprint density at radius 1 is 1.42 bits per heavy atom. The molecule has 19 heavy (non-hydrogen) atoms. The van der Waals surface area contributed by atoms with Gasteiger partial charge in [0.1, 0.15) is 5.82 Å². The molecule has 0 aliphatic carbocycles. The first-order valence-corrected chi connectivity index (χ1v) is 6.66. The minimum atomic E-state index is -0.736. The quantitative estimate of drug-likeness (QED) is 0.777. The number of carbonyl (C=O) groups excluding carboxylic acids is 2. The summed E-state index contributed by atoms with van der Waals surface area (Å²) in [7, 11) is 0. The molecule has 1 aromatic rings. The lowest BCUT2D eigenvalue weighted by atomic mass is 10.2. The van der Waals surface area contributed by atoms with Crippen LogP contribution in [0.3, 0.4) is 0 Å². The molecule has 1 aliphatic rings. The van der Waals surface area contributed by atoms with Crippen molar-refractivity contribution in [2.45, 2.75) is 18.9 Å². The summed E-state index contributed by atoms with van der Waals surface area (Å²) in [6, 6.07) is 3.16. The molecule has 0 radical (unpaired) electrons. The fourth-order valence-corrected chi connectivity index (χ4v) is 2.18. The van der Waals surface area contributed by atoms with E-state index in [1.165, 1.54) is 12.1 Å². The highest BCUT2D eigenvalue weighted by Crippen LogP contribution is 2.19. The van der Waals surface area contributed by atoms with Crippen molar-refractivity contribution in [3.8, 4) is 0 Å². The highest BCUT2D eigenvalue weighted by molar-refractivity contribution is 9.10. The molecule has 0 bridgehead atoms. The van der Waals surface area contributed by atoms with E-state index in [2.05, 4.69) is 31.9 Å². The van der Waals surface area contributed by atoms with Gasteiger partial charge in [-0.3, -0.25) is 10.1 Å². The topological polar surface area (TPSA) is 70.2 Å². The molecular weight excluding hydrogens is 317 g/mol. The van der Waals surface area contributed by atoms with E-state index in [0.29, 0.717) is 10.9 Å². The average Bonchev–Trinajstić information content (AvgIpc) is 2.86. The lowest BCUT2D eigenvalue weighted by Gasteiger charge is -2.11. The molecule has 3 N–H and O–H groups in total. The summed E-state index contributed by atoms with van der Waals surface area (Å²) in [5, 5.41) is 7.45. The molecule has 7 heteroatoms. The Bertz CT molecular complexity index is 504. The van der Waals surface area contributed by atoms with Crippen LogP contribution in [0.5, 0.6) is 0 Å². The summed E-state index contributed by atoms with van der Waals surface area (Å²) < 4.78 is 14.1. The van der Waals surface area contributed by atoms with Crippen LogP contribution in [0.2, 0.25) is 0 Å². The van der Waals surface area contributed by atoms with E-state index in [9.17, 15) is 14.0 Å². The van der Waals surface area contributed by atoms with Gasteiger partial charge in [-0.15, -0.1) is 0 Å². The van der Waals surface area contributed by atoms with E-state index in [4.69, 9.17) is 0 Å². The summed E-state index contributed by atoms with van der Waals surface area (Å²) in [5.41, 5.74) is 0.0212. The minimum absolute atomic E-state index is 0.0212. The minimum Gasteiger partial charge on any atom is -0.306 e. The van der Waals surface area contributed by atoms with Gasteiger partial charge < -0.3 is 10.6 Å². The van der Waals surface area contributed by atoms with E-state index in [1.54, 1.807) is 6.07 Å². The van der Waals surface area contributed by atoms with Gasteiger partial charge >= 0.3 is 6.03 Å². The van der Waals surface area contributed by atoms with Crippen LogP contribution in [0.15, 0.2) is 22.7 Å². The molecule has 1 atom stereocenters. The van der Waals surface area contributed by atoms with Crippen molar-refractivity contribution in [2.24, 2.45) is 0 Å². The predicted molar refractivity (Wildman–Crippen MR) is 72.3 cm³/mol. The Balaban J connectivity index is 1.91. The van der Waals surface area contributed by atoms with Crippen molar-refractivity contribution in [1.29, 1.82) is 0 Å².